The number of urea groups is 1. The third-order valence-corrected chi connectivity index (χ3v) is 2.41. The summed E-state index contributed by atoms with van der Waals surface area (Å²) in [6.45, 7) is 2.48. The van der Waals surface area contributed by atoms with Gasteiger partial charge in [0.05, 0.1) is 0 Å². The molecule has 4 nitrogen and oxygen atoms in total. The lowest BCUT2D eigenvalue weighted by atomic mass is 10.2. The summed E-state index contributed by atoms with van der Waals surface area (Å²) in [6.07, 6.45) is 0. The first-order chi connectivity index (χ1) is 7.56. The van der Waals surface area contributed by atoms with Gasteiger partial charge in [0.2, 0.25) is 0 Å². The highest BCUT2D eigenvalue weighted by Crippen LogP contribution is 2.13. The van der Waals surface area contributed by atoms with Crippen molar-refractivity contribution in [1.82, 2.24) is 5.32 Å². The van der Waals surface area contributed by atoms with Crippen LogP contribution < -0.4 is 16.0 Å². The lowest BCUT2D eigenvalue weighted by Crippen LogP contribution is -2.37. The largest absolute Gasteiger partial charge is 0.389 e. The van der Waals surface area contributed by atoms with Gasteiger partial charge in [-0.25, -0.2) is 4.79 Å². The van der Waals surface area contributed by atoms with Crippen LogP contribution in [0.25, 0.3) is 0 Å². The van der Waals surface area contributed by atoms with E-state index < -0.39 is 0 Å². The SMILES string of the molecule is CCNC(=O)N(C)c1ccc(C(N)=S)cc1. The van der Waals surface area contributed by atoms with E-state index in [-0.39, 0.29) is 6.03 Å². The van der Waals surface area contributed by atoms with Crippen LogP contribution in [0.1, 0.15) is 12.5 Å². The lowest BCUT2D eigenvalue weighted by molar-refractivity contribution is 0.248. The number of nitrogens with zero attached hydrogens (tertiary/aromatic N) is 1. The molecule has 0 heterocycles. The Kier molecular flexibility index (Phi) is 4.25. The van der Waals surface area contributed by atoms with Crippen molar-refractivity contribution >= 4 is 28.9 Å². The third-order valence-electron chi connectivity index (χ3n) is 2.17. The fraction of sp³-hybridized carbons (Fsp3) is 0.273. The predicted octanol–water partition coefficient (Wildman–Crippen LogP) is 1.49. The number of carbonyl (C=O) groups is 1. The number of benzene rings is 1. The summed E-state index contributed by atoms with van der Waals surface area (Å²) < 4.78 is 0. The molecule has 0 spiro atoms. The summed E-state index contributed by atoms with van der Waals surface area (Å²) in [5.74, 6) is 0. The molecule has 3 N–H and O–H groups in total. The molecule has 0 saturated heterocycles. The first kappa shape index (κ1) is 12.4. The minimum Gasteiger partial charge on any atom is -0.389 e. The topological polar surface area (TPSA) is 58.4 Å². The van der Waals surface area contributed by atoms with Crippen molar-refractivity contribution in [1.29, 1.82) is 0 Å². The van der Waals surface area contributed by atoms with Crippen LogP contribution in [0.3, 0.4) is 0 Å². The maximum absolute atomic E-state index is 11.5. The van der Waals surface area contributed by atoms with E-state index in [1.54, 1.807) is 19.2 Å². The van der Waals surface area contributed by atoms with Gasteiger partial charge in [-0.3, -0.25) is 4.90 Å². The number of rotatable bonds is 3. The molecule has 86 valence electrons. The second-order valence-electron chi connectivity index (χ2n) is 3.31. The highest BCUT2D eigenvalue weighted by atomic mass is 32.1. The molecule has 1 rings (SSSR count). The molecule has 0 bridgehead atoms. The van der Waals surface area contributed by atoms with Crippen molar-refractivity contribution in [2.75, 3.05) is 18.5 Å². The maximum Gasteiger partial charge on any atom is 0.321 e. The van der Waals surface area contributed by atoms with E-state index in [1.807, 2.05) is 19.1 Å². The van der Waals surface area contributed by atoms with Crippen LogP contribution in [0.2, 0.25) is 0 Å². The average Bonchev–Trinajstić information content (AvgIpc) is 2.28. The minimum absolute atomic E-state index is 0.134. The molecule has 0 aliphatic carbocycles. The van der Waals surface area contributed by atoms with Crippen molar-refractivity contribution in [3.05, 3.63) is 29.8 Å². The zero-order chi connectivity index (χ0) is 12.1. The number of hydrogen-bond acceptors (Lipinski definition) is 2. The van der Waals surface area contributed by atoms with Gasteiger partial charge in [-0.1, -0.05) is 12.2 Å². The molecule has 0 radical (unpaired) electrons. The summed E-state index contributed by atoms with van der Waals surface area (Å²) in [5, 5.41) is 2.72. The number of carbonyl (C=O) groups excluding carboxylic acids is 1. The Labute approximate surface area is 100 Å². The molecule has 1 aromatic rings. The molecular formula is C11H15N3OS. The van der Waals surface area contributed by atoms with E-state index in [9.17, 15) is 4.79 Å². The fourth-order valence-electron chi connectivity index (χ4n) is 1.24. The minimum atomic E-state index is -0.134. The molecule has 1 aromatic carbocycles. The van der Waals surface area contributed by atoms with Crippen LogP contribution in [-0.2, 0) is 0 Å². The number of hydrogen-bond donors (Lipinski definition) is 2. The van der Waals surface area contributed by atoms with Crippen LogP contribution >= 0.6 is 12.2 Å². The highest BCUT2D eigenvalue weighted by molar-refractivity contribution is 7.80. The summed E-state index contributed by atoms with van der Waals surface area (Å²) in [6, 6.07) is 7.08. The van der Waals surface area contributed by atoms with Gasteiger partial charge in [-0.05, 0) is 31.2 Å². The van der Waals surface area contributed by atoms with E-state index in [2.05, 4.69) is 5.32 Å². The number of thiocarbonyl (C=S) groups is 1. The van der Waals surface area contributed by atoms with Gasteiger partial charge < -0.3 is 11.1 Å². The van der Waals surface area contributed by atoms with Crippen LogP contribution in [0, 0.1) is 0 Å². The molecule has 0 unspecified atom stereocenters. The third kappa shape index (κ3) is 2.93. The first-order valence-corrected chi connectivity index (χ1v) is 5.38. The average molecular weight is 237 g/mol. The summed E-state index contributed by atoms with van der Waals surface area (Å²) >= 11 is 4.85. The molecule has 2 amide bonds. The Bertz CT molecular complexity index is 389. The second kappa shape index (κ2) is 5.46. The Hall–Kier alpha value is -1.62. The maximum atomic E-state index is 11.5. The number of amides is 2. The molecule has 16 heavy (non-hydrogen) atoms. The van der Waals surface area contributed by atoms with Gasteiger partial charge >= 0.3 is 6.03 Å². The van der Waals surface area contributed by atoms with Crippen LogP contribution in [-0.4, -0.2) is 24.6 Å². The monoisotopic (exact) mass is 237 g/mol. The quantitative estimate of drug-likeness (QED) is 0.783. The first-order valence-electron chi connectivity index (χ1n) is 4.97. The smallest absolute Gasteiger partial charge is 0.321 e. The zero-order valence-corrected chi connectivity index (χ0v) is 10.2. The van der Waals surface area contributed by atoms with E-state index >= 15 is 0 Å². The number of nitrogens with two attached hydrogens (primary N) is 1. The van der Waals surface area contributed by atoms with Crippen LogP contribution in [0.15, 0.2) is 24.3 Å². The Morgan fingerprint density at radius 2 is 2.00 bits per heavy atom. The van der Waals surface area contributed by atoms with Gasteiger partial charge in [0.1, 0.15) is 4.99 Å². The van der Waals surface area contributed by atoms with Crippen molar-refractivity contribution in [3.8, 4) is 0 Å². The molecule has 0 aliphatic heterocycles. The summed E-state index contributed by atoms with van der Waals surface area (Å²) in [4.78, 5) is 13.4. The molecule has 0 atom stereocenters. The van der Waals surface area contributed by atoms with Crippen molar-refractivity contribution in [2.24, 2.45) is 5.73 Å². The van der Waals surface area contributed by atoms with Gasteiger partial charge in [-0.2, -0.15) is 0 Å². The van der Waals surface area contributed by atoms with E-state index in [0.29, 0.717) is 11.5 Å². The van der Waals surface area contributed by atoms with Crippen LogP contribution in [0.4, 0.5) is 10.5 Å². The fourth-order valence-corrected chi connectivity index (χ4v) is 1.37. The van der Waals surface area contributed by atoms with E-state index in [1.165, 1.54) is 4.90 Å². The number of nitrogens with one attached hydrogen (secondary N) is 1. The van der Waals surface area contributed by atoms with Gasteiger partial charge in [-0.15, -0.1) is 0 Å². The van der Waals surface area contributed by atoms with Crippen LogP contribution in [0.5, 0.6) is 0 Å². The molecule has 0 aromatic heterocycles. The Balaban J connectivity index is 2.81. The highest BCUT2D eigenvalue weighted by Gasteiger charge is 2.09. The number of anilines is 1. The van der Waals surface area contributed by atoms with Crippen molar-refractivity contribution in [3.63, 3.8) is 0 Å². The molecule has 0 aliphatic rings. The summed E-state index contributed by atoms with van der Waals surface area (Å²) in [5.41, 5.74) is 7.08. The summed E-state index contributed by atoms with van der Waals surface area (Å²) in [7, 11) is 1.71. The normalized spacial score (nSPS) is 9.62. The lowest BCUT2D eigenvalue weighted by Gasteiger charge is -2.17. The van der Waals surface area contributed by atoms with Gasteiger partial charge in [0, 0.05) is 24.8 Å². The second-order valence-corrected chi connectivity index (χ2v) is 3.75. The predicted molar refractivity (Wildman–Crippen MR) is 69.8 cm³/mol. The Morgan fingerprint density at radius 1 is 1.44 bits per heavy atom. The molecule has 0 saturated carbocycles. The standard InChI is InChI=1S/C11H15N3OS/c1-3-13-11(15)14(2)9-6-4-8(5-7-9)10(12)16/h4-7H,3H2,1-2H3,(H2,12,16)(H,13,15). The van der Waals surface area contributed by atoms with Crippen molar-refractivity contribution in [2.45, 2.75) is 6.92 Å². The van der Waals surface area contributed by atoms with E-state index in [0.717, 1.165) is 11.3 Å². The molecule has 0 fully saturated rings. The van der Waals surface area contributed by atoms with Gasteiger partial charge in [0.25, 0.3) is 0 Å². The van der Waals surface area contributed by atoms with Crippen molar-refractivity contribution < 1.29 is 4.79 Å². The molecular weight excluding hydrogens is 222 g/mol. The zero-order valence-electron chi connectivity index (χ0n) is 9.36. The molecule has 5 heteroatoms. The van der Waals surface area contributed by atoms with E-state index in [4.69, 9.17) is 18.0 Å². The van der Waals surface area contributed by atoms with Gasteiger partial charge in [0.15, 0.2) is 0 Å². The Morgan fingerprint density at radius 3 is 2.44 bits per heavy atom.